The molecule has 0 radical (unpaired) electrons. The second kappa shape index (κ2) is 5.44. The Morgan fingerprint density at radius 3 is 2.83 bits per heavy atom. The molecule has 18 heavy (non-hydrogen) atoms. The van der Waals surface area contributed by atoms with Gasteiger partial charge in [-0.3, -0.25) is 4.98 Å². The zero-order valence-corrected chi connectivity index (χ0v) is 10.7. The van der Waals surface area contributed by atoms with Gasteiger partial charge in [-0.1, -0.05) is 13.0 Å². The van der Waals surface area contributed by atoms with Crippen LogP contribution in [-0.2, 0) is 13.0 Å². The lowest BCUT2D eigenvalue weighted by molar-refractivity contribution is 0.858. The standard InChI is InChI=1S/C13H17N5/c1-3-12-16-11(14)7-13(17-12)18(2)9-10-5-4-6-15-8-10/h4-8H,3,9H2,1-2H3,(H2,14,16,17). The highest BCUT2D eigenvalue weighted by atomic mass is 15.2. The van der Waals surface area contributed by atoms with E-state index in [9.17, 15) is 0 Å². The van der Waals surface area contributed by atoms with Crippen LogP contribution in [0.3, 0.4) is 0 Å². The van der Waals surface area contributed by atoms with Gasteiger partial charge in [0.2, 0.25) is 0 Å². The van der Waals surface area contributed by atoms with Gasteiger partial charge in [-0.15, -0.1) is 0 Å². The van der Waals surface area contributed by atoms with Gasteiger partial charge in [0.05, 0.1) is 0 Å². The molecular weight excluding hydrogens is 226 g/mol. The number of rotatable bonds is 4. The van der Waals surface area contributed by atoms with Crippen LogP contribution in [0.4, 0.5) is 11.6 Å². The van der Waals surface area contributed by atoms with Crippen LogP contribution < -0.4 is 10.6 Å². The highest BCUT2D eigenvalue weighted by molar-refractivity contribution is 5.46. The quantitative estimate of drug-likeness (QED) is 0.884. The van der Waals surface area contributed by atoms with E-state index in [0.717, 1.165) is 30.2 Å². The molecule has 0 aliphatic heterocycles. The second-order valence-electron chi connectivity index (χ2n) is 4.14. The lowest BCUT2D eigenvalue weighted by Crippen LogP contribution is -2.19. The molecule has 5 nitrogen and oxygen atoms in total. The average Bonchev–Trinajstić information content (AvgIpc) is 2.39. The summed E-state index contributed by atoms with van der Waals surface area (Å²) in [7, 11) is 1.98. The molecule has 0 saturated carbocycles. The van der Waals surface area contributed by atoms with Crippen molar-refractivity contribution in [2.75, 3.05) is 17.7 Å². The van der Waals surface area contributed by atoms with Gasteiger partial charge in [0, 0.05) is 38.5 Å². The topological polar surface area (TPSA) is 67.9 Å². The Hall–Kier alpha value is -2.17. The number of aryl methyl sites for hydroxylation is 1. The summed E-state index contributed by atoms with van der Waals surface area (Å²) in [4.78, 5) is 14.8. The molecule has 94 valence electrons. The number of nitrogens with two attached hydrogens (primary N) is 1. The Kier molecular flexibility index (Phi) is 3.72. The minimum atomic E-state index is 0.509. The zero-order chi connectivity index (χ0) is 13.0. The van der Waals surface area contributed by atoms with Gasteiger partial charge >= 0.3 is 0 Å². The number of anilines is 2. The number of nitrogen functional groups attached to an aromatic ring is 1. The summed E-state index contributed by atoms with van der Waals surface area (Å²) in [6, 6.07) is 5.75. The van der Waals surface area contributed by atoms with Crippen molar-refractivity contribution in [3.63, 3.8) is 0 Å². The first-order chi connectivity index (χ1) is 8.69. The first-order valence-electron chi connectivity index (χ1n) is 5.92. The third kappa shape index (κ3) is 2.94. The fourth-order valence-corrected chi connectivity index (χ4v) is 1.70. The van der Waals surface area contributed by atoms with Crippen molar-refractivity contribution in [3.05, 3.63) is 42.0 Å². The van der Waals surface area contributed by atoms with Crippen LogP contribution >= 0.6 is 0 Å². The lowest BCUT2D eigenvalue weighted by atomic mass is 10.2. The van der Waals surface area contributed by atoms with E-state index in [1.54, 1.807) is 12.3 Å². The molecule has 0 aliphatic rings. The zero-order valence-electron chi connectivity index (χ0n) is 10.7. The van der Waals surface area contributed by atoms with Crippen molar-refractivity contribution in [2.45, 2.75) is 19.9 Å². The Bertz CT molecular complexity index is 512. The van der Waals surface area contributed by atoms with E-state index in [2.05, 4.69) is 15.0 Å². The minimum Gasteiger partial charge on any atom is -0.384 e. The maximum Gasteiger partial charge on any atom is 0.134 e. The predicted molar refractivity (Wildman–Crippen MR) is 72.2 cm³/mol. The summed E-state index contributed by atoms with van der Waals surface area (Å²) in [5, 5.41) is 0. The smallest absolute Gasteiger partial charge is 0.134 e. The van der Waals surface area contributed by atoms with Gasteiger partial charge in [0.15, 0.2) is 0 Å². The van der Waals surface area contributed by atoms with Gasteiger partial charge < -0.3 is 10.6 Å². The van der Waals surface area contributed by atoms with Crippen LogP contribution in [0, 0.1) is 0 Å². The molecule has 2 rings (SSSR count). The molecule has 2 heterocycles. The Labute approximate surface area is 107 Å². The Morgan fingerprint density at radius 1 is 1.33 bits per heavy atom. The summed E-state index contributed by atoms with van der Waals surface area (Å²) < 4.78 is 0. The average molecular weight is 243 g/mol. The van der Waals surface area contributed by atoms with Crippen molar-refractivity contribution < 1.29 is 0 Å². The summed E-state index contributed by atoms with van der Waals surface area (Å²) >= 11 is 0. The number of pyridine rings is 1. The summed E-state index contributed by atoms with van der Waals surface area (Å²) in [5.41, 5.74) is 6.91. The van der Waals surface area contributed by atoms with Gasteiger partial charge in [-0.25, -0.2) is 9.97 Å². The molecule has 0 atom stereocenters. The molecule has 0 spiro atoms. The first-order valence-corrected chi connectivity index (χ1v) is 5.92. The van der Waals surface area contributed by atoms with Crippen LogP contribution in [0.25, 0.3) is 0 Å². The van der Waals surface area contributed by atoms with Crippen LogP contribution in [0.1, 0.15) is 18.3 Å². The van der Waals surface area contributed by atoms with Crippen molar-refractivity contribution in [3.8, 4) is 0 Å². The number of aromatic nitrogens is 3. The molecule has 2 aromatic rings. The molecule has 0 aliphatic carbocycles. The van der Waals surface area contributed by atoms with Gasteiger partial charge in [0.1, 0.15) is 17.5 Å². The normalized spacial score (nSPS) is 10.3. The van der Waals surface area contributed by atoms with Gasteiger partial charge in [0.25, 0.3) is 0 Å². The third-order valence-corrected chi connectivity index (χ3v) is 2.63. The van der Waals surface area contributed by atoms with E-state index in [0.29, 0.717) is 5.82 Å². The number of hydrogen-bond acceptors (Lipinski definition) is 5. The van der Waals surface area contributed by atoms with E-state index < -0.39 is 0 Å². The van der Waals surface area contributed by atoms with Crippen molar-refractivity contribution in [2.24, 2.45) is 0 Å². The van der Waals surface area contributed by atoms with E-state index >= 15 is 0 Å². The maximum absolute atomic E-state index is 5.78. The van der Waals surface area contributed by atoms with Crippen molar-refractivity contribution in [1.29, 1.82) is 0 Å². The molecule has 0 unspecified atom stereocenters. The number of hydrogen-bond donors (Lipinski definition) is 1. The highest BCUT2D eigenvalue weighted by Gasteiger charge is 2.07. The molecule has 0 aromatic carbocycles. The van der Waals surface area contributed by atoms with Crippen LogP contribution in [0.15, 0.2) is 30.6 Å². The monoisotopic (exact) mass is 243 g/mol. The molecule has 2 N–H and O–H groups in total. The van der Waals surface area contributed by atoms with E-state index in [4.69, 9.17) is 5.73 Å². The first kappa shape index (κ1) is 12.3. The molecule has 0 saturated heterocycles. The summed E-state index contributed by atoms with van der Waals surface area (Å²) in [6.07, 6.45) is 4.39. The largest absolute Gasteiger partial charge is 0.384 e. The predicted octanol–water partition coefficient (Wildman–Crippen LogP) is 1.65. The molecule has 0 amide bonds. The Balaban J connectivity index is 2.18. The van der Waals surface area contributed by atoms with Gasteiger partial charge in [-0.05, 0) is 11.6 Å². The third-order valence-electron chi connectivity index (χ3n) is 2.63. The summed E-state index contributed by atoms with van der Waals surface area (Å²) in [6.45, 7) is 2.76. The van der Waals surface area contributed by atoms with E-state index in [1.807, 2.05) is 37.2 Å². The van der Waals surface area contributed by atoms with Crippen molar-refractivity contribution >= 4 is 11.6 Å². The molecule has 5 heteroatoms. The van der Waals surface area contributed by atoms with Crippen LogP contribution in [-0.4, -0.2) is 22.0 Å². The van der Waals surface area contributed by atoms with Crippen molar-refractivity contribution in [1.82, 2.24) is 15.0 Å². The SMILES string of the molecule is CCc1nc(N)cc(N(C)Cc2cccnc2)n1. The lowest BCUT2D eigenvalue weighted by Gasteiger charge is -2.18. The Morgan fingerprint density at radius 2 is 2.17 bits per heavy atom. The molecule has 0 fully saturated rings. The van der Waals surface area contributed by atoms with E-state index in [1.165, 1.54) is 0 Å². The summed E-state index contributed by atoms with van der Waals surface area (Å²) in [5.74, 6) is 2.11. The molecule has 2 aromatic heterocycles. The fraction of sp³-hybridized carbons (Fsp3) is 0.308. The maximum atomic E-state index is 5.78. The van der Waals surface area contributed by atoms with Gasteiger partial charge in [-0.2, -0.15) is 0 Å². The second-order valence-corrected chi connectivity index (χ2v) is 4.14. The number of nitrogens with zero attached hydrogens (tertiary/aromatic N) is 4. The fourth-order valence-electron chi connectivity index (χ4n) is 1.70. The molecule has 0 bridgehead atoms. The van der Waals surface area contributed by atoms with Crippen LogP contribution in [0.5, 0.6) is 0 Å². The molecular formula is C13H17N5. The van der Waals surface area contributed by atoms with Crippen LogP contribution in [0.2, 0.25) is 0 Å². The van der Waals surface area contributed by atoms with E-state index in [-0.39, 0.29) is 0 Å². The highest BCUT2D eigenvalue weighted by Crippen LogP contribution is 2.15. The minimum absolute atomic E-state index is 0.509.